The summed E-state index contributed by atoms with van der Waals surface area (Å²) in [6, 6.07) is 1.44. The van der Waals surface area contributed by atoms with Gasteiger partial charge >= 0.3 is 0 Å². The molecule has 78 valence electrons. The van der Waals surface area contributed by atoms with E-state index in [1.165, 1.54) is 6.07 Å². The molecule has 0 aromatic carbocycles. The predicted molar refractivity (Wildman–Crippen MR) is 51.2 cm³/mol. The van der Waals surface area contributed by atoms with Gasteiger partial charge in [0.15, 0.2) is 0 Å². The van der Waals surface area contributed by atoms with Gasteiger partial charge in [-0.05, 0) is 6.92 Å². The molecule has 0 fully saturated rings. The molecular formula is C9H14N2O3. The van der Waals surface area contributed by atoms with Gasteiger partial charge in [0.1, 0.15) is 5.82 Å². The summed E-state index contributed by atoms with van der Waals surface area (Å²) in [5.74, 6) is 0.618. The van der Waals surface area contributed by atoms with E-state index < -0.39 is 0 Å². The van der Waals surface area contributed by atoms with Crippen LogP contribution in [0.1, 0.15) is 11.5 Å². The molecule has 0 atom stereocenters. The SMILES string of the molecule is Cc1cc(=O)[nH]c(CCOCCO)n1. The van der Waals surface area contributed by atoms with E-state index in [0.717, 1.165) is 0 Å². The highest BCUT2D eigenvalue weighted by Crippen LogP contribution is 1.91. The minimum Gasteiger partial charge on any atom is -0.394 e. The number of H-pyrrole nitrogens is 1. The highest BCUT2D eigenvalue weighted by atomic mass is 16.5. The quantitative estimate of drug-likeness (QED) is 0.633. The minimum atomic E-state index is -0.144. The van der Waals surface area contributed by atoms with Gasteiger partial charge in [-0.2, -0.15) is 0 Å². The van der Waals surface area contributed by atoms with Gasteiger partial charge in [0.2, 0.25) is 0 Å². The van der Waals surface area contributed by atoms with Crippen LogP contribution in [0.4, 0.5) is 0 Å². The van der Waals surface area contributed by atoms with Crippen LogP contribution in [0, 0.1) is 6.92 Å². The van der Waals surface area contributed by atoms with Crippen molar-refractivity contribution in [3.63, 3.8) is 0 Å². The maximum absolute atomic E-state index is 11.0. The first kappa shape index (κ1) is 10.9. The van der Waals surface area contributed by atoms with Gasteiger partial charge < -0.3 is 14.8 Å². The van der Waals surface area contributed by atoms with Crippen LogP contribution in [0.5, 0.6) is 0 Å². The summed E-state index contributed by atoms with van der Waals surface area (Å²) in [4.78, 5) is 17.8. The van der Waals surface area contributed by atoms with Crippen molar-refractivity contribution in [2.45, 2.75) is 13.3 Å². The Balaban J connectivity index is 2.46. The number of aromatic nitrogens is 2. The van der Waals surface area contributed by atoms with E-state index in [4.69, 9.17) is 9.84 Å². The normalized spacial score (nSPS) is 10.4. The molecule has 14 heavy (non-hydrogen) atoms. The van der Waals surface area contributed by atoms with Crippen molar-refractivity contribution in [2.75, 3.05) is 19.8 Å². The zero-order valence-electron chi connectivity index (χ0n) is 8.12. The lowest BCUT2D eigenvalue weighted by Crippen LogP contribution is -2.13. The molecule has 1 heterocycles. The minimum absolute atomic E-state index is 0.0117. The van der Waals surface area contributed by atoms with Crippen LogP contribution in [0.25, 0.3) is 0 Å². The number of aliphatic hydroxyl groups excluding tert-OH is 1. The highest BCUT2D eigenvalue weighted by molar-refractivity contribution is 5.00. The average Bonchev–Trinajstić information content (AvgIpc) is 2.11. The third-order valence-electron chi connectivity index (χ3n) is 1.64. The van der Waals surface area contributed by atoms with E-state index in [0.29, 0.717) is 31.2 Å². The zero-order chi connectivity index (χ0) is 10.4. The molecule has 0 aliphatic rings. The highest BCUT2D eigenvalue weighted by Gasteiger charge is 1.97. The molecule has 0 spiro atoms. The van der Waals surface area contributed by atoms with Crippen molar-refractivity contribution in [1.82, 2.24) is 9.97 Å². The van der Waals surface area contributed by atoms with Crippen LogP contribution in [0.2, 0.25) is 0 Å². The van der Waals surface area contributed by atoms with Crippen LogP contribution in [-0.2, 0) is 11.2 Å². The first-order chi connectivity index (χ1) is 6.72. The van der Waals surface area contributed by atoms with E-state index >= 15 is 0 Å². The standard InChI is InChI=1S/C9H14N2O3/c1-7-6-9(13)11-8(10-7)2-4-14-5-3-12/h6,12H,2-5H2,1H3,(H,10,11,13). The monoisotopic (exact) mass is 198 g/mol. The van der Waals surface area contributed by atoms with E-state index in [2.05, 4.69) is 9.97 Å². The third kappa shape index (κ3) is 3.68. The van der Waals surface area contributed by atoms with Crippen LogP contribution < -0.4 is 5.56 Å². The van der Waals surface area contributed by atoms with Gasteiger partial charge in [-0.1, -0.05) is 0 Å². The van der Waals surface area contributed by atoms with E-state index in [-0.39, 0.29) is 12.2 Å². The fourth-order valence-electron chi connectivity index (χ4n) is 1.09. The first-order valence-corrected chi connectivity index (χ1v) is 4.48. The molecule has 0 aliphatic carbocycles. The fraction of sp³-hybridized carbons (Fsp3) is 0.556. The fourth-order valence-corrected chi connectivity index (χ4v) is 1.09. The number of aliphatic hydroxyl groups is 1. The Morgan fingerprint density at radius 2 is 2.36 bits per heavy atom. The average molecular weight is 198 g/mol. The van der Waals surface area contributed by atoms with Crippen molar-refractivity contribution in [3.8, 4) is 0 Å². The van der Waals surface area contributed by atoms with Gasteiger partial charge in [-0.3, -0.25) is 4.79 Å². The maximum Gasteiger partial charge on any atom is 0.251 e. The summed E-state index contributed by atoms with van der Waals surface area (Å²) in [6.07, 6.45) is 0.553. The second-order valence-electron chi connectivity index (χ2n) is 2.92. The Morgan fingerprint density at radius 1 is 1.57 bits per heavy atom. The molecule has 0 unspecified atom stereocenters. The molecule has 0 aliphatic heterocycles. The summed E-state index contributed by atoms with van der Waals surface area (Å²) in [5, 5.41) is 8.45. The molecule has 0 bridgehead atoms. The van der Waals surface area contributed by atoms with Crippen molar-refractivity contribution >= 4 is 0 Å². The van der Waals surface area contributed by atoms with Crippen LogP contribution in [0.3, 0.4) is 0 Å². The molecule has 0 radical (unpaired) electrons. The molecule has 0 saturated carbocycles. The lowest BCUT2D eigenvalue weighted by molar-refractivity contribution is 0.0935. The molecule has 0 amide bonds. The summed E-state index contributed by atoms with van der Waals surface area (Å²) in [7, 11) is 0. The first-order valence-electron chi connectivity index (χ1n) is 4.48. The number of hydrogen-bond donors (Lipinski definition) is 2. The van der Waals surface area contributed by atoms with Gasteiger partial charge in [0.25, 0.3) is 5.56 Å². The third-order valence-corrected chi connectivity index (χ3v) is 1.64. The lowest BCUT2D eigenvalue weighted by atomic mass is 10.4. The number of nitrogens with one attached hydrogen (secondary N) is 1. The molecule has 1 aromatic rings. The number of ether oxygens (including phenoxy) is 1. The predicted octanol–water partition coefficient (Wildman–Crippen LogP) is -0.370. The molecule has 5 heteroatoms. The number of aryl methyl sites for hydroxylation is 1. The smallest absolute Gasteiger partial charge is 0.251 e. The van der Waals surface area contributed by atoms with Crippen molar-refractivity contribution in [1.29, 1.82) is 0 Å². The number of nitrogens with zero attached hydrogens (tertiary/aromatic N) is 1. The molecule has 5 nitrogen and oxygen atoms in total. The maximum atomic E-state index is 11.0. The summed E-state index contributed by atoms with van der Waals surface area (Å²) < 4.78 is 5.05. The number of rotatable bonds is 5. The molecule has 1 aromatic heterocycles. The Kier molecular flexibility index (Phi) is 4.28. The Bertz CT molecular complexity index is 335. The molecular weight excluding hydrogens is 184 g/mol. The topological polar surface area (TPSA) is 75.2 Å². The number of aromatic amines is 1. The summed E-state index contributed by atoms with van der Waals surface area (Å²) >= 11 is 0. The Hall–Kier alpha value is -1.20. The van der Waals surface area contributed by atoms with E-state index in [1.54, 1.807) is 6.92 Å². The van der Waals surface area contributed by atoms with Crippen molar-refractivity contribution in [3.05, 3.63) is 27.9 Å². The van der Waals surface area contributed by atoms with Gasteiger partial charge in [0, 0.05) is 18.2 Å². The van der Waals surface area contributed by atoms with Gasteiger partial charge in [0.05, 0.1) is 19.8 Å². The molecule has 0 saturated heterocycles. The van der Waals surface area contributed by atoms with Crippen LogP contribution in [-0.4, -0.2) is 34.9 Å². The molecule has 1 rings (SSSR count). The van der Waals surface area contributed by atoms with Crippen molar-refractivity contribution in [2.24, 2.45) is 0 Å². The van der Waals surface area contributed by atoms with Gasteiger partial charge in [-0.15, -0.1) is 0 Å². The summed E-state index contributed by atoms with van der Waals surface area (Å²) in [6.45, 7) is 2.55. The Labute approximate surface area is 81.8 Å². The van der Waals surface area contributed by atoms with Gasteiger partial charge in [-0.25, -0.2) is 4.98 Å². The van der Waals surface area contributed by atoms with E-state index in [9.17, 15) is 4.79 Å². The number of hydrogen-bond acceptors (Lipinski definition) is 4. The van der Waals surface area contributed by atoms with E-state index in [1.807, 2.05) is 0 Å². The van der Waals surface area contributed by atoms with Crippen LogP contribution in [0.15, 0.2) is 10.9 Å². The Morgan fingerprint density at radius 3 is 3.00 bits per heavy atom. The second kappa shape index (κ2) is 5.51. The van der Waals surface area contributed by atoms with Crippen LogP contribution >= 0.6 is 0 Å². The second-order valence-corrected chi connectivity index (χ2v) is 2.92. The van der Waals surface area contributed by atoms with Crippen molar-refractivity contribution < 1.29 is 9.84 Å². The largest absolute Gasteiger partial charge is 0.394 e. The molecule has 2 N–H and O–H groups in total. The zero-order valence-corrected chi connectivity index (χ0v) is 8.12. The lowest BCUT2D eigenvalue weighted by Gasteiger charge is -2.02. The summed E-state index contributed by atoms with van der Waals surface area (Å²) in [5.41, 5.74) is 0.556.